The van der Waals surface area contributed by atoms with E-state index >= 15 is 0 Å². The van der Waals surface area contributed by atoms with Gasteiger partial charge in [-0.1, -0.05) is 6.07 Å². The topological polar surface area (TPSA) is 87.4 Å². The molecule has 0 radical (unpaired) electrons. The third-order valence-electron chi connectivity index (χ3n) is 4.32. The molecular weight excluding hydrogens is 342 g/mol. The van der Waals surface area contributed by atoms with E-state index in [1.807, 2.05) is 25.1 Å². The summed E-state index contributed by atoms with van der Waals surface area (Å²) < 4.78 is 1.08. The normalized spacial score (nSPS) is 10.9. The van der Waals surface area contributed by atoms with Crippen molar-refractivity contribution in [1.82, 2.24) is 9.71 Å². The minimum absolute atomic E-state index is 0.109. The summed E-state index contributed by atoms with van der Waals surface area (Å²) in [4.78, 5) is 16.7. The number of anilines is 1. The van der Waals surface area contributed by atoms with E-state index in [0.29, 0.717) is 28.1 Å². The van der Waals surface area contributed by atoms with Crippen LogP contribution in [0.5, 0.6) is 5.75 Å². The van der Waals surface area contributed by atoms with Gasteiger partial charge < -0.3 is 15.6 Å². The Balaban J connectivity index is 1.58. The number of amides is 1. The highest BCUT2D eigenvalue weighted by Gasteiger charge is 2.12. The summed E-state index contributed by atoms with van der Waals surface area (Å²) >= 11 is 0. The van der Waals surface area contributed by atoms with E-state index in [1.165, 1.54) is 12.1 Å². The summed E-state index contributed by atoms with van der Waals surface area (Å²) in [5.41, 5.74) is 4.20. The molecule has 0 saturated heterocycles. The zero-order chi connectivity index (χ0) is 19.0. The largest absolute Gasteiger partial charge is 0.508 e. The van der Waals surface area contributed by atoms with E-state index in [9.17, 15) is 15.1 Å². The van der Waals surface area contributed by atoms with Crippen molar-refractivity contribution in [2.75, 3.05) is 5.32 Å². The molecule has 4 aromatic rings. The van der Waals surface area contributed by atoms with Crippen molar-refractivity contribution in [1.29, 1.82) is 0 Å². The van der Waals surface area contributed by atoms with Gasteiger partial charge in [-0.05, 0) is 73.2 Å². The van der Waals surface area contributed by atoms with Gasteiger partial charge in [0.2, 0.25) is 0 Å². The summed E-state index contributed by atoms with van der Waals surface area (Å²) in [5.74, 6) is 0.276. The number of aromatic nitrogens is 2. The molecule has 0 saturated carbocycles. The number of phenols is 1. The van der Waals surface area contributed by atoms with Crippen molar-refractivity contribution in [2.24, 2.45) is 0 Å². The second-order valence-corrected chi connectivity index (χ2v) is 6.32. The molecule has 0 bridgehead atoms. The van der Waals surface area contributed by atoms with Crippen molar-refractivity contribution < 1.29 is 15.1 Å². The van der Waals surface area contributed by atoms with Crippen LogP contribution in [0.25, 0.3) is 22.4 Å². The lowest BCUT2D eigenvalue weighted by Crippen LogP contribution is -2.11. The molecule has 0 fully saturated rings. The molecule has 0 aliphatic carbocycles. The Morgan fingerprint density at radius 3 is 2.41 bits per heavy atom. The quantitative estimate of drug-likeness (QED) is 0.478. The van der Waals surface area contributed by atoms with Crippen LogP contribution in [0.4, 0.5) is 5.69 Å². The van der Waals surface area contributed by atoms with Crippen LogP contribution in [-0.2, 0) is 0 Å². The molecular formula is C21H17N3O3. The number of rotatable bonds is 3. The Hall–Kier alpha value is -3.80. The molecule has 0 atom stereocenters. The zero-order valence-electron chi connectivity index (χ0n) is 14.5. The molecule has 1 heterocycles. The van der Waals surface area contributed by atoms with E-state index in [1.54, 1.807) is 36.4 Å². The first-order valence-electron chi connectivity index (χ1n) is 8.40. The third-order valence-corrected chi connectivity index (χ3v) is 4.32. The zero-order valence-corrected chi connectivity index (χ0v) is 14.5. The van der Waals surface area contributed by atoms with E-state index in [2.05, 4.69) is 10.3 Å². The van der Waals surface area contributed by atoms with Gasteiger partial charge in [-0.15, -0.1) is 0 Å². The summed E-state index contributed by atoms with van der Waals surface area (Å²) in [6, 6.07) is 18.8. The highest BCUT2D eigenvalue weighted by atomic mass is 16.5. The van der Waals surface area contributed by atoms with Crippen LogP contribution in [0, 0.1) is 6.92 Å². The molecule has 3 N–H and O–H groups in total. The van der Waals surface area contributed by atoms with Crippen LogP contribution >= 0.6 is 0 Å². The minimum atomic E-state index is -0.271. The molecule has 27 heavy (non-hydrogen) atoms. The van der Waals surface area contributed by atoms with Gasteiger partial charge in [-0.2, -0.15) is 4.73 Å². The van der Waals surface area contributed by atoms with Gasteiger partial charge in [0.1, 0.15) is 11.3 Å². The maximum Gasteiger partial charge on any atom is 0.255 e. The summed E-state index contributed by atoms with van der Waals surface area (Å²) in [7, 11) is 0. The number of hydrogen-bond acceptors (Lipinski definition) is 4. The maximum atomic E-state index is 12.2. The predicted octanol–water partition coefficient (Wildman–Crippen LogP) is 4.21. The average molecular weight is 359 g/mol. The summed E-state index contributed by atoms with van der Waals surface area (Å²) in [5, 5.41) is 22.5. The predicted molar refractivity (Wildman–Crippen MR) is 103 cm³/mol. The monoisotopic (exact) mass is 359 g/mol. The average Bonchev–Trinajstić information content (AvgIpc) is 2.99. The molecule has 1 amide bonds. The molecule has 0 spiro atoms. The number of carbonyl (C=O) groups excluding carboxylic acids is 1. The molecule has 1 aromatic heterocycles. The Kier molecular flexibility index (Phi) is 4.01. The lowest BCUT2D eigenvalue weighted by molar-refractivity contribution is 0.102. The Labute approximate surface area is 155 Å². The Bertz CT molecular complexity index is 1130. The number of aromatic hydroxyl groups is 1. The van der Waals surface area contributed by atoms with Gasteiger partial charge in [-0.3, -0.25) is 4.79 Å². The standard InChI is InChI=1S/C21H17N3O3/c1-13-2-11-18-19(12-13)24(27)20(23-18)14-3-7-16(8-4-14)22-21(26)15-5-9-17(25)10-6-15/h2-12,25,27H,1H3,(H,22,26). The first-order chi connectivity index (χ1) is 13.0. The molecule has 0 aliphatic rings. The lowest BCUT2D eigenvalue weighted by Gasteiger charge is -2.07. The fraction of sp³-hybridized carbons (Fsp3) is 0.0476. The van der Waals surface area contributed by atoms with Crippen molar-refractivity contribution in [2.45, 2.75) is 6.92 Å². The highest BCUT2D eigenvalue weighted by Crippen LogP contribution is 2.25. The van der Waals surface area contributed by atoms with Gasteiger partial charge in [0.15, 0.2) is 5.82 Å². The molecule has 6 heteroatoms. The number of carbonyl (C=O) groups is 1. The fourth-order valence-electron chi connectivity index (χ4n) is 2.88. The van der Waals surface area contributed by atoms with E-state index in [-0.39, 0.29) is 11.7 Å². The minimum Gasteiger partial charge on any atom is -0.508 e. The molecule has 0 unspecified atom stereocenters. The van der Waals surface area contributed by atoms with Crippen LogP contribution in [0.3, 0.4) is 0 Å². The molecule has 4 rings (SSSR count). The van der Waals surface area contributed by atoms with E-state index < -0.39 is 0 Å². The number of fused-ring (bicyclic) bond motifs is 1. The van der Waals surface area contributed by atoms with E-state index in [0.717, 1.165) is 15.9 Å². The lowest BCUT2D eigenvalue weighted by atomic mass is 10.1. The number of nitrogens with one attached hydrogen (secondary N) is 1. The SMILES string of the molecule is Cc1ccc2nc(-c3ccc(NC(=O)c4ccc(O)cc4)cc3)n(O)c2c1. The van der Waals surface area contributed by atoms with Crippen molar-refractivity contribution in [3.05, 3.63) is 77.9 Å². The van der Waals surface area contributed by atoms with Gasteiger partial charge in [0.25, 0.3) is 5.91 Å². The maximum absolute atomic E-state index is 12.2. The Morgan fingerprint density at radius 2 is 1.70 bits per heavy atom. The van der Waals surface area contributed by atoms with Gasteiger partial charge >= 0.3 is 0 Å². The molecule has 0 aliphatic heterocycles. The second kappa shape index (κ2) is 6.49. The molecule has 6 nitrogen and oxygen atoms in total. The first-order valence-corrected chi connectivity index (χ1v) is 8.40. The van der Waals surface area contributed by atoms with Gasteiger partial charge in [-0.25, -0.2) is 4.98 Å². The van der Waals surface area contributed by atoms with Crippen molar-refractivity contribution in [3.8, 4) is 17.1 Å². The highest BCUT2D eigenvalue weighted by molar-refractivity contribution is 6.04. The van der Waals surface area contributed by atoms with Crippen LogP contribution in [0.1, 0.15) is 15.9 Å². The number of imidazole rings is 1. The number of benzene rings is 3. The van der Waals surface area contributed by atoms with Crippen LogP contribution in [0.15, 0.2) is 66.7 Å². The molecule has 3 aromatic carbocycles. The Morgan fingerprint density at radius 1 is 1.00 bits per heavy atom. The summed E-state index contributed by atoms with van der Waals surface area (Å²) in [6.45, 7) is 1.96. The first kappa shape index (κ1) is 16.7. The third kappa shape index (κ3) is 3.20. The number of nitrogens with zero attached hydrogens (tertiary/aromatic N) is 2. The van der Waals surface area contributed by atoms with Crippen LogP contribution in [-0.4, -0.2) is 25.9 Å². The second-order valence-electron chi connectivity index (χ2n) is 6.32. The number of aryl methyl sites for hydroxylation is 1. The van der Waals surface area contributed by atoms with E-state index in [4.69, 9.17) is 0 Å². The smallest absolute Gasteiger partial charge is 0.255 e. The van der Waals surface area contributed by atoms with Gasteiger partial charge in [0.05, 0.1) is 5.52 Å². The molecule has 134 valence electrons. The van der Waals surface area contributed by atoms with Gasteiger partial charge in [0, 0.05) is 16.8 Å². The van der Waals surface area contributed by atoms with Crippen LogP contribution < -0.4 is 5.32 Å². The van der Waals surface area contributed by atoms with Crippen molar-refractivity contribution in [3.63, 3.8) is 0 Å². The number of phenolic OH excluding ortho intramolecular Hbond substituents is 1. The van der Waals surface area contributed by atoms with Crippen LogP contribution in [0.2, 0.25) is 0 Å². The fourth-order valence-corrected chi connectivity index (χ4v) is 2.88. The van der Waals surface area contributed by atoms with Crippen molar-refractivity contribution >= 4 is 22.6 Å². The number of hydrogen-bond donors (Lipinski definition) is 3. The summed E-state index contributed by atoms with van der Waals surface area (Å²) in [6.07, 6.45) is 0.